The van der Waals surface area contributed by atoms with Crippen molar-refractivity contribution < 1.29 is 23.5 Å². The fraction of sp³-hybridized carbons (Fsp3) is 0.158. The lowest BCUT2D eigenvalue weighted by Gasteiger charge is -2.23. The van der Waals surface area contributed by atoms with Crippen molar-refractivity contribution in [3.8, 4) is 0 Å². The molecule has 1 aromatic heterocycles. The Labute approximate surface area is 144 Å². The number of carbonyl (C=O) groups is 2. The van der Waals surface area contributed by atoms with Crippen molar-refractivity contribution in [2.75, 3.05) is 19.1 Å². The molecule has 0 N–H and O–H groups in total. The van der Waals surface area contributed by atoms with E-state index in [1.165, 1.54) is 20.3 Å². The lowest BCUT2D eigenvalue weighted by molar-refractivity contribution is -0.139. The minimum absolute atomic E-state index is 0.0564. The number of benzene rings is 1. The Morgan fingerprint density at radius 1 is 1.08 bits per heavy atom. The number of hydrogen-bond acceptors (Lipinski definition) is 6. The summed E-state index contributed by atoms with van der Waals surface area (Å²) in [5.74, 6) is -0.541. The molecule has 6 heteroatoms. The maximum Gasteiger partial charge on any atom is 0.355 e. The molecule has 0 spiro atoms. The van der Waals surface area contributed by atoms with Crippen molar-refractivity contribution in [1.82, 2.24) is 0 Å². The highest BCUT2D eigenvalue weighted by Crippen LogP contribution is 2.34. The Hall–Kier alpha value is -3.28. The number of hydrogen-bond donors (Lipinski definition) is 0. The van der Waals surface area contributed by atoms with Gasteiger partial charge in [-0.15, -0.1) is 0 Å². The number of furan rings is 1. The smallest absolute Gasteiger partial charge is 0.355 e. The Morgan fingerprint density at radius 2 is 1.84 bits per heavy atom. The van der Waals surface area contributed by atoms with Gasteiger partial charge in [0.25, 0.3) is 0 Å². The van der Waals surface area contributed by atoms with Crippen molar-refractivity contribution in [3.63, 3.8) is 0 Å². The highest BCUT2D eigenvalue weighted by molar-refractivity contribution is 6.07. The molecule has 0 fully saturated rings. The molecule has 0 saturated heterocycles. The van der Waals surface area contributed by atoms with Crippen LogP contribution in [0.2, 0.25) is 0 Å². The van der Waals surface area contributed by atoms with Crippen LogP contribution in [0.4, 0.5) is 5.69 Å². The number of aryl methyl sites for hydroxylation is 1. The molecule has 0 atom stereocenters. The summed E-state index contributed by atoms with van der Waals surface area (Å²) in [4.78, 5) is 26.2. The van der Waals surface area contributed by atoms with Crippen LogP contribution < -0.4 is 4.90 Å². The van der Waals surface area contributed by atoms with Gasteiger partial charge in [0.05, 0.1) is 25.5 Å². The quantitative estimate of drug-likeness (QED) is 0.800. The van der Waals surface area contributed by atoms with Crippen molar-refractivity contribution in [2.45, 2.75) is 6.92 Å². The first-order chi connectivity index (χ1) is 12.1. The lowest BCUT2D eigenvalue weighted by atomic mass is 10.1. The molecular formula is C19H17NO5. The molecule has 3 rings (SSSR count). The maximum atomic E-state index is 12.4. The van der Waals surface area contributed by atoms with E-state index in [2.05, 4.69) is 0 Å². The van der Waals surface area contributed by atoms with Gasteiger partial charge >= 0.3 is 11.9 Å². The van der Waals surface area contributed by atoms with Crippen molar-refractivity contribution in [3.05, 3.63) is 65.7 Å². The number of esters is 2. The van der Waals surface area contributed by atoms with Gasteiger partial charge in [-0.05, 0) is 31.2 Å². The second-order valence-electron chi connectivity index (χ2n) is 5.37. The number of fused-ring (bicyclic) bond motifs is 1. The topological polar surface area (TPSA) is 69.0 Å². The summed E-state index contributed by atoms with van der Waals surface area (Å²) < 4.78 is 15.5. The Kier molecular flexibility index (Phi) is 4.43. The Morgan fingerprint density at radius 3 is 2.56 bits per heavy atom. The third-order valence-corrected chi connectivity index (χ3v) is 3.80. The van der Waals surface area contributed by atoms with Crippen LogP contribution in [0.1, 0.15) is 5.76 Å². The SMILES string of the molecule is COC(=O)C1=C(C(=O)OC)N(c2cccc3cc(C)oc23)C=CC=C1. The molecule has 1 aliphatic heterocycles. The maximum absolute atomic E-state index is 12.4. The van der Waals surface area contributed by atoms with Gasteiger partial charge in [-0.3, -0.25) is 0 Å². The van der Waals surface area contributed by atoms with E-state index >= 15 is 0 Å². The predicted octanol–water partition coefficient (Wildman–Crippen LogP) is 3.23. The third-order valence-electron chi connectivity index (χ3n) is 3.80. The van der Waals surface area contributed by atoms with Gasteiger partial charge in [0.1, 0.15) is 11.5 Å². The van der Waals surface area contributed by atoms with Gasteiger partial charge in [0.15, 0.2) is 5.58 Å². The average molecular weight is 339 g/mol. The van der Waals surface area contributed by atoms with Crippen LogP contribution in [0.15, 0.2) is 64.4 Å². The number of nitrogens with zero attached hydrogens (tertiary/aromatic N) is 1. The van der Waals surface area contributed by atoms with E-state index in [9.17, 15) is 9.59 Å². The van der Waals surface area contributed by atoms with E-state index in [0.29, 0.717) is 11.3 Å². The zero-order valence-corrected chi connectivity index (χ0v) is 14.1. The van der Waals surface area contributed by atoms with Crippen LogP contribution in [0.25, 0.3) is 11.0 Å². The van der Waals surface area contributed by atoms with Gasteiger partial charge in [-0.2, -0.15) is 0 Å². The minimum Gasteiger partial charge on any atom is -0.465 e. The molecular weight excluding hydrogens is 322 g/mol. The Bertz CT molecular complexity index is 932. The first kappa shape index (κ1) is 16.6. The van der Waals surface area contributed by atoms with Crippen LogP contribution in [-0.4, -0.2) is 26.2 Å². The molecule has 0 unspecified atom stereocenters. The molecule has 2 aromatic rings. The molecule has 0 bridgehead atoms. The molecule has 0 aliphatic carbocycles. The monoisotopic (exact) mass is 339 g/mol. The van der Waals surface area contributed by atoms with Crippen LogP contribution in [0.3, 0.4) is 0 Å². The van der Waals surface area contributed by atoms with Gasteiger partial charge < -0.3 is 18.8 Å². The lowest BCUT2D eigenvalue weighted by Crippen LogP contribution is -2.27. The highest BCUT2D eigenvalue weighted by atomic mass is 16.5. The predicted molar refractivity (Wildman–Crippen MR) is 92.8 cm³/mol. The van der Waals surface area contributed by atoms with Crippen LogP contribution in [-0.2, 0) is 19.1 Å². The van der Waals surface area contributed by atoms with E-state index in [1.54, 1.807) is 29.3 Å². The summed E-state index contributed by atoms with van der Waals surface area (Å²) in [7, 11) is 2.52. The van der Waals surface area contributed by atoms with E-state index in [-0.39, 0.29) is 11.3 Å². The molecule has 0 amide bonds. The number of allylic oxidation sites excluding steroid dienone is 2. The third kappa shape index (κ3) is 2.94. The number of carbonyl (C=O) groups excluding carboxylic acids is 2. The number of methoxy groups -OCH3 is 2. The summed E-state index contributed by atoms with van der Waals surface area (Å²) in [6, 6.07) is 7.48. The first-order valence-electron chi connectivity index (χ1n) is 7.61. The van der Waals surface area contributed by atoms with E-state index in [0.717, 1.165) is 11.1 Å². The molecule has 6 nitrogen and oxygen atoms in total. The summed E-state index contributed by atoms with van der Waals surface area (Å²) in [5, 5.41) is 0.893. The zero-order valence-electron chi connectivity index (χ0n) is 14.1. The second kappa shape index (κ2) is 6.68. The Balaban J connectivity index is 2.27. The normalized spacial score (nSPS) is 14.0. The fourth-order valence-corrected chi connectivity index (χ4v) is 2.72. The van der Waals surface area contributed by atoms with Crippen LogP contribution in [0, 0.1) is 6.92 Å². The fourth-order valence-electron chi connectivity index (χ4n) is 2.72. The molecule has 1 aliphatic rings. The van der Waals surface area contributed by atoms with Gasteiger partial charge in [0.2, 0.25) is 0 Å². The highest BCUT2D eigenvalue weighted by Gasteiger charge is 2.28. The van der Waals surface area contributed by atoms with Crippen molar-refractivity contribution in [1.29, 1.82) is 0 Å². The van der Waals surface area contributed by atoms with E-state index in [4.69, 9.17) is 13.9 Å². The molecule has 25 heavy (non-hydrogen) atoms. The molecule has 0 saturated carbocycles. The standard InChI is InChI=1S/C19H17NO5/c1-12-11-13-7-6-9-15(17(13)25-12)20-10-5-4-8-14(18(21)23-2)16(20)19(22)24-3/h4-11H,1-3H3. The number of rotatable bonds is 3. The number of para-hydroxylation sites is 1. The zero-order chi connectivity index (χ0) is 18.0. The molecule has 128 valence electrons. The summed E-state index contributed by atoms with van der Waals surface area (Å²) in [6.07, 6.45) is 6.56. The van der Waals surface area contributed by atoms with Crippen LogP contribution >= 0.6 is 0 Å². The van der Waals surface area contributed by atoms with Crippen molar-refractivity contribution in [2.24, 2.45) is 0 Å². The second-order valence-corrected chi connectivity index (χ2v) is 5.37. The van der Waals surface area contributed by atoms with E-state index in [1.807, 2.05) is 25.1 Å². The molecule has 0 radical (unpaired) electrons. The summed E-state index contributed by atoms with van der Waals surface area (Å²) >= 11 is 0. The summed E-state index contributed by atoms with van der Waals surface area (Å²) in [6.45, 7) is 1.85. The average Bonchev–Trinajstić information content (AvgIpc) is 2.87. The summed E-state index contributed by atoms with van der Waals surface area (Å²) in [5.41, 5.74) is 1.38. The largest absolute Gasteiger partial charge is 0.465 e. The van der Waals surface area contributed by atoms with Gasteiger partial charge in [-0.1, -0.05) is 18.2 Å². The first-order valence-corrected chi connectivity index (χ1v) is 7.61. The molecule has 2 heterocycles. The van der Waals surface area contributed by atoms with Gasteiger partial charge in [-0.25, -0.2) is 9.59 Å². The number of anilines is 1. The van der Waals surface area contributed by atoms with Crippen LogP contribution in [0.5, 0.6) is 0 Å². The minimum atomic E-state index is -0.656. The molecule has 1 aromatic carbocycles. The van der Waals surface area contributed by atoms with Crippen molar-refractivity contribution >= 4 is 28.6 Å². The van der Waals surface area contributed by atoms with Gasteiger partial charge in [0, 0.05) is 11.6 Å². The van der Waals surface area contributed by atoms with E-state index < -0.39 is 11.9 Å². The number of ether oxygens (including phenoxy) is 2.